The number of hydrogen-bond acceptors (Lipinski definition) is 3. The number of benzene rings is 1. The highest BCUT2D eigenvalue weighted by Gasteiger charge is 2.15. The van der Waals surface area contributed by atoms with E-state index in [2.05, 4.69) is 4.74 Å². The van der Waals surface area contributed by atoms with E-state index < -0.39 is 11.9 Å². The lowest BCUT2D eigenvalue weighted by molar-refractivity contribution is -0.135. The molecule has 0 amide bonds. The molecule has 0 aliphatic heterocycles. The third-order valence-corrected chi connectivity index (χ3v) is 2.64. The maximum atomic E-state index is 11.6. The second kappa shape index (κ2) is 4.92. The maximum Gasteiger partial charge on any atom is 0.346 e. The fourth-order valence-corrected chi connectivity index (χ4v) is 1.84. The summed E-state index contributed by atoms with van der Waals surface area (Å²) < 4.78 is 4.58. The molecule has 86 valence electrons. The van der Waals surface area contributed by atoms with Crippen molar-refractivity contribution in [1.29, 1.82) is 0 Å². The summed E-state index contributed by atoms with van der Waals surface area (Å²) in [6.45, 7) is 7.14. The first kappa shape index (κ1) is 12.4. The zero-order chi connectivity index (χ0) is 12.3. The fraction of sp³-hybridized carbons (Fsp3) is 0.385. The lowest BCUT2D eigenvalue weighted by atomic mass is 9.96. The van der Waals surface area contributed by atoms with Crippen LogP contribution in [0.25, 0.3) is 0 Å². The third-order valence-electron chi connectivity index (χ3n) is 2.64. The van der Waals surface area contributed by atoms with E-state index in [1.807, 2.05) is 26.8 Å². The first-order chi connectivity index (χ1) is 7.47. The van der Waals surface area contributed by atoms with Crippen LogP contribution in [0, 0.1) is 13.8 Å². The molecule has 0 spiro atoms. The van der Waals surface area contributed by atoms with E-state index in [1.54, 1.807) is 6.07 Å². The van der Waals surface area contributed by atoms with Gasteiger partial charge in [0.15, 0.2) is 0 Å². The van der Waals surface area contributed by atoms with Gasteiger partial charge in [-0.1, -0.05) is 13.0 Å². The zero-order valence-corrected chi connectivity index (χ0v) is 10.1. The number of carbonyl (C=O) groups excluding carboxylic acids is 2. The van der Waals surface area contributed by atoms with Crippen LogP contribution in [0.5, 0.6) is 0 Å². The van der Waals surface area contributed by atoms with Gasteiger partial charge in [0.25, 0.3) is 0 Å². The highest BCUT2D eigenvalue weighted by Crippen LogP contribution is 2.19. The van der Waals surface area contributed by atoms with Crippen LogP contribution in [0.3, 0.4) is 0 Å². The number of rotatable bonds is 2. The van der Waals surface area contributed by atoms with Gasteiger partial charge in [0.1, 0.15) is 0 Å². The number of hydrogen-bond donors (Lipinski definition) is 0. The van der Waals surface area contributed by atoms with Gasteiger partial charge in [-0.2, -0.15) is 0 Å². The largest absolute Gasteiger partial charge is 0.390 e. The number of ether oxygens (including phenoxy) is 1. The van der Waals surface area contributed by atoms with E-state index in [4.69, 9.17) is 0 Å². The maximum absolute atomic E-state index is 11.6. The van der Waals surface area contributed by atoms with Gasteiger partial charge >= 0.3 is 11.9 Å². The summed E-state index contributed by atoms with van der Waals surface area (Å²) in [5, 5.41) is 0. The molecule has 0 atom stereocenters. The molecular weight excluding hydrogens is 204 g/mol. The van der Waals surface area contributed by atoms with E-state index in [9.17, 15) is 9.59 Å². The van der Waals surface area contributed by atoms with Crippen molar-refractivity contribution in [2.45, 2.75) is 34.1 Å². The van der Waals surface area contributed by atoms with Crippen LogP contribution in [0.1, 0.15) is 40.9 Å². The molecule has 3 nitrogen and oxygen atoms in total. The summed E-state index contributed by atoms with van der Waals surface area (Å²) in [6, 6.07) is 3.58. The Hall–Kier alpha value is -1.64. The standard InChI is InChI=1S/C13H16O3/c1-5-11-8(2)6-7-12(9(11)3)13(15)16-10(4)14/h6-7H,5H2,1-4H3. The third kappa shape index (κ3) is 2.48. The molecule has 16 heavy (non-hydrogen) atoms. The van der Waals surface area contributed by atoms with Crippen molar-refractivity contribution in [3.05, 3.63) is 34.4 Å². The molecular formula is C13H16O3. The van der Waals surface area contributed by atoms with Crippen LogP contribution in [0.15, 0.2) is 12.1 Å². The predicted molar refractivity (Wildman–Crippen MR) is 61.4 cm³/mol. The quantitative estimate of drug-likeness (QED) is 0.568. The zero-order valence-electron chi connectivity index (χ0n) is 10.1. The van der Waals surface area contributed by atoms with Gasteiger partial charge in [-0.05, 0) is 43.0 Å². The van der Waals surface area contributed by atoms with Crippen molar-refractivity contribution in [2.75, 3.05) is 0 Å². The van der Waals surface area contributed by atoms with Crippen molar-refractivity contribution in [1.82, 2.24) is 0 Å². The van der Waals surface area contributed by atoms with Crippen molar-refractivity contribution in [3.8, 4) is 0 Å². The van der Waals surface area contributed by atoms with Crippen molar-refractivity contribution < 1.29 is 14.3 Å². The first-order valence-electron chi connectivity index (χ1n) is 5.29. The van der Waals surface area contributed by atoms with Crippen LogP contribution >= 0.6 is 0 Å². The Balaban J connectivity index is 3.15. The molecule has 0 saturated heterocycles. The summed E-state index contributed by atoms with van der Waals surface area (Å²) in [5.41, 5.74) is 3.66. The Kier molecular flexibility index (Phi) is 3.82. The Morgan fingerprint density at radius 2 is 1.88 bits per heavy atom. The number of carbonyl (C=O) groups is 2. The second-order valence-corrected chi connectivity index (χ2v) is 3.77. The van der Waals surface area contributed by atoms with Crippen LogP contribution < -0.4 is 0 Å². The van der Waals surface area contributed by atoms with Crippen LogP contribution in [0.2, 0.25) is 0 Å². The van der Waals surface area contributed by atoms with Gasteiger partial charge in [-0.25, -0.2) is 4.79 Å². The SMILES string of the molecule is CCc1c(C)ccc(C(=O)OC(C)=O)c1C. The Bertz CT molecular complexity index is 433. The molecule has 0 radical (unpaired) electrons. The van der Waals surface area contributed by atoms with Crippen LogP contribution in [0.4, 0.5) is 0 Å². The summed E-state index contributed by atoms with van der Waals surface area (Å²) in [4.78, 5) is 22.3. The summed E-state index contributed by atoms with van der Waals surface area (Å²) in [5.74, 6) is -1.15. The number of aryl methyl sites for hydroxylation is 1. The first-order valence-corrected chi connectivity index (χ1v) is 5.29. The Morgan fingerprint density at radius 3 is 2.38 bits per heavy atom. The molecule has 0 bridgehead atoms. The van der Waals surface area contributed by atoms with E-state index in [1.165, 1.54) is 6.92 Å². The van der Waals surface area contributed by atoms with E-state index in [0.717, 1.165) is 23.1 Å². The Morgan fingerprint density at radius 1 is 1.25 bits per heavy atom. The lowest BCUT2D eigenvalue weighted by Gasteiger charge is -2.11. The van der Waals surface area contributed by atoms with Gasteiger partial charge in [0, 0.05) is 6.92 Å². The minimum atomic E-state index is -0.581. The molecule has 0 heterocycles. The van der Waals surface area contributed by atoms with E-state index in [-0.39, 0.29) is 0 Å². The molecule has 1 aromatic rings. The molecule has 0 aliphatic rings. The normalized spacial score (nSPS) is 10.0. The van der Waals surface area contributed by atoms with Crippen LogP contribution in [-0.4, -0.2) is 11.9 Å². The van der Waals surface area contributed by atoms with E-state index in [0.29, 0.717) is 5.56 Å². The van der Waals surface area contributed by atoms with Crippen molar-refractivity contribution in [3.63, 3.8) is 0 Å². The molecule has 0 fully saturated rings. The molecule has 0 aromatic heterocycles. The molecule has 3 heteroatoms. The average molecular weight is 220 g/mol. The molecule has 1 rings (SSSR count). The molecule has 1 aromatic carbocycles. The summed E-state index contributed by atoms with van der Waals surface area (Å²) in [7, 11) is 0. The van der Waals surface area contributed by atoms with Gasteiger partial charge in [-0.3, -0.25) is 4.79 Å². The number of esters is 2. The minimum absolute atomic E-state index is 0.470. The van der Waals surface area contributed by atoms with Gasteiger partial charge in [0.05, 0.1) is 5.56 Å². The predicted octanol–water partition coefficient (Wildman–Crippen LogP) is 2.57. The fourth-order valence-electron chi connectivity index (χ4n) is 1.84. The monoisotopic (exact) mass is 220 g/mol. The molecule has 0 saturated carbocycles. The topological polar surface area (TPSA) is 43.4 Å². The summed E-state index contributed by atoms with van der Waals surface area (Å²) >= 11 is 0. The molecule has 0 aliphatic carbocycles. The highest BCUT2D eigenvalue weighted by molar-refractivity contribution is 5.97. The van der Waals surface area contributed by atoms with Gasteiger partial charge in [0.2, 0.25) is 0 Å². The van der Waals surface area contributed by atoms with E-state index >= 15 is 0 Å². The smallest absolute Gasteiger partial charge is 0.346 e. The van der Waals surface area contributed by atoms with Crippen LogP contribution in [-0.2, 0) is 16.0 Å². The lowest BCUT2D eigenvalue weighted by Crippen LogP contribution is -2.12. The molecule has 0 N–H and O–H groups in total. The van der Waals surface area contributed by atoms with Crippen molar-refractivity contribution in [2.24, 2.45) is 0 Å². The van der Waals surface area contributed by atoms with Gasteiger partial charge in [-0.15, -0.1) is 0 Å². The summed E-state index contributed by atoms with van der Waals surface area (Å²) in [6.07, 6.45) is 0.860. The van der Waals surface area contributed by atoms with Gasteiger partial charge < -0.3 is 4.74 Å². The average Bonchev–Trinajstić information content (AvgIpc) is 2.17. The van der Waals surface area contributed by atoms with Crippen molar-refractivity contribution >= 4 is 11.9 Å². The second-order valence-electron chi connectivity index (χ2n) is 3.77. The minimum Gasteiger partial charge on any atom is -0.390 e. The Labute approximate surface area is 95.4 Å². The highest BCUT2D eigenvalue weighted by atomic mass is 16.6. The molecule has 0 unspecified atom stereocenters.